The standard InChI is InChI=1S/C11H15N3S/c1-9(10-3-2-8-15-10)12-5-4-11-13-6-7-14-11/h2-3,6-9,12H,4-5H2,1H3,(H,13,14). The average molecular weight is 221 g/mol. The Morgan fingerprint density at radius 1 is 1.60 bits per heavy atom. The topological polar surface area (TPSA) is 40.7 Å². The molecule has 0 saturated heterocycles. The van der Waals surface area contributed by atoms with Crippen molar-refractivity contribution in [2.24, 2.45) is 0 Å². The molecule has 0 aliphatic carbocycles. The van der Waals surface area contributed by atoms with Gasteiger partial charge in [0.15, 0.2) is 0 Å². The van der Waals surface area contributed by atoms with Crippen molar-refractivity contribution in [3.8, 4) is 0 Å². The van der Waals surface area contributed by atoms with Crippen molar-refractivity contribution < 1.29 is 0 Å². The summed E-state index contributed by atoms with van der Waals surface area (Å²) in [5, 5.41) is 5.58. The van der Waals surface area contributed by atoms with Gasteiger partial charge in [0.2, 0.25) is 0 Å². The molecule has 80 valence electrons. The highest BCUT2D eigenvalue weighted by atomic mass is 32.1. The second-order valence-electron chi connectivity index (χ2n) is 3.48. The first-order chi connectivity index (χ1) is 7.36. The van der Waals surface area contributed by atoms with E-state index < -0.39 is 0 Å². The van der Waals surface area contributed by atoms with Gasteiger partial charge < -0.3 is 10.3 Å². The quantitative estimate of drug-likeness (QED) is 0.813. The van der Waals surface area contributed by atoms with Gasteiger partial charge in [0, 0.05) is 36.3 Å². The third-order valence-electron chi connectivity index (χ3n) is 2.34. The molecule has 2 heterocycles. The minimum Gasteiger partial charge on any atom is -0.349 e. The van der Waals surface area contributed by atoms with Crippen LogP contribution >= 0.6 is 11.3 Å². The molecule has 2 N–H and O–H groups in total. The third-order valence-corrected chi connectivity index (χ3v) is 3.39. The minimum absolute atomic E-state index is 0.431. The lowest BCUT2D eigenvalue weighted by Crippen LogP contribution is -2.20. The molecule has 1 atom stereocenters. The van der Waals surface area contributed by atoms with E-state index in [0.717, 1.165) is 18.8 Å². The zero-order valence-electron chi connectivity index (χ0n) is 8.73. The Labute approximate surface area is 93.6 Å². The molecule has 0 aliphatic rings. The summed E-state index contributed by atoms with van der Waals surface area (Å²) in [6, 6.07) is 4.68. The summed E-state index contributed by atoms with van der Waals surface area (Å²) in [6.45, 7) is 3.14. The summed E-state index contributed by atoms with van der Waals surface area (Å²) in [5.74, 6) is 1.04. The number of rotatable bonds is 5. The van der Waals surface area contributed by atoms with Gasteiger partial charge >= 0.3 is 0 Å². The number of aromatic amines is 1. The van der Waals surface area contributed by atoms with Crippen LogP contribution in [0, 0.1) is 0 Å². The lowest BCUT2D eigenvalue weighted by Gasteiger charge is -2.10. The van der Waals surface area contributed by atoms with Gasteiger partial charge in [-0.05, 0) is 18.4 Å². The van der Waals surface area contributed by atoms with E-state index in [-0.39, 0.29) is 0 Å². The average Bonchev–Trinajstić information content (AvgIpc) is 2.90. The number of hydrogen-bond acceptors (Lipinski definition) is 3. The lowest BCUT2D eigenvalue weighted by atomic mass is 10.2. The maximum atomic E-state index is 4.18. The van der Waals surface area contributed by atoms with Crippen molar-refractivity contribution in [3.05, 3.63) is 40.6 Å². The number of aromatic nitrogens is 2. The summed E-state index contributed by atoms with van der Waals surface area (Å²) in [7, 11) is 0. The Morgan fingerprint density at radius 3 is 3.20 bits per heavy atom. The van der Waals surface area contributed by atoms with Gasteiger partial charge in [-0.1, -0.05) is 6.07 Å². The van der Waals surface area contributed by atoms with Crippen molar-refractivity contribution in [2.45, 2.75) is 19.4 Å². The number of H-pyrrole nitrogens is 1. The summed E-state index contributed by atoms with van der Waals surface area (Å²) >= 11 is 1.79. The molecule has 0 fully saturated rings. The number of nitrogens with one attached hydrogen (secondary N) is 2. The van der Waals surface area contributed by atoms with Gasteiger partial charge in [0.25, 0.3) is 0 Å². The largest absolute Gasteiger partial charge is 0.349 e. The molecule has 0 spiro atoms. The van der Waals surface area contributed by atoms with E-state index >= 15 is 0 Å². The molecule has 0 radical (unpaired) electrons. The highest BCUT2D eigenvalue weighted by molar-refractivity contribution is 7.10. The molecular weight excluding hydrogens is 206 g/mol. The predicted molar refractivity (Wildman–Crippen MR) is 63.0 cm³/mol. The van der Waals surface area contributed by atoms with Crippen LogP contribution in [-0.4, -0.2) is 16.5 Å². The van der Waals surface area contributed by atoms with Crippen molar-refractivity contribution in [2.75, 3.05) is 6.54 Å². The van der Waals surface area contributed by atoms with Crippen molar-refractivity contribution in [3.63, 3.8) is 0 Å². The van der Waals surface area contributed by atoms with E-state index in [0.29, 0.717) is 6.04 Å². The van der Waals surface area contributed by atoms with Crippen LogP contribution in [0.25, 0.3) is 0 Å². The first-order valence-corrected chi connectivity index (χ1v) is 5.99. The Morgan fingerprint density at radius 2 is 2.53 bits per heavy atom. The molecule has 0 saturated carbocycles. The fourth-order valence-corrected chi connectivity index (χ4v) is 2.24. The van der Waals surface area contributed by atoms with Crippen LogP contribution in [0.1, 0.15) is 23.7 Å². The Hall–Kier alpha value is -1.13. The SMILES string of the molecule is CC(NCCc1ncc[nH]1)c1cccs1. The summed E-state index contributed by atoms with van der Waals surface area (Å²) in [6.07, 6.45) is 4.60. The first kappa shape index (κ1) is 10.4. The maximum Gasteiger partial charge on any atom is 0.107 e. The van der Waals surface area contributed by atoms with E-state index in [1.807, 2.05) is 6.20 Å². The minimum atomic E-state index is 0.431. The summed E-state index contributed by atoms with van der Waals surface area (Å²) in [5.41, 5.74) is 0. The van der Waals surface area contributed by atoms with E-state index in [1.54, 1.807) is 17.5 Å². The molecule has 2 aromatic heterocycles. The number of nitrogens with zero attached hydrogens (tertiary/aromatic N) is 1. The lowest BCUT2D eigenvalue weighted by molar-refractivity contribution is 0.579. The van der Waals surface area contributed by atoms with Crippen LogP contribution in [0.3, 0.4) is 0 Å². The molecule has 2 aromatic rings. The van der Waals surface area contributed by atoms with Gasteiger partial charge in [-0.2, -0.15) is 0 Å². The van der Waals surface area contributed by atoms with Crippen LogP contribution in [0.4, 0.5) is 0 Å². The van der Waals surface area contributed by atoms with Crippen LogP contribution < -0.4 is 5.32 Å². The van der Waals surface area contributed by atoms with Gasteiger partial charge in [-0.3, -0.25) is 0 Å². The van der Waals surface area contributed by atoms with Crippen LogP contribution in [-0.2, 0) is 6.42 Å². The Bertz CT molecular complexity index is 366. The normalized spacial score (nSPS) is 12.9. The first-order valence-electron chi connectivity index (χ1n) is 5.11. The summed E-state index contributed by atoms with van der Waals surface area (Å²) in [4.78, 5) is 8.66. The van der Waals surface area contributed by atoms with E-state index in [1.165, 1.54) is 4.88 Å². The fourth-order valence-electron chi connectivity index (χ4n) is 1.48. The molecule has 0 bridgehead atoms. The molecule has 0 aliphatic heterocycles. The molecular formula is C11H15N3S. The number of thiophene rings is 1. The molecule has 2 rings (SSSR count). The van der Waals surface area contributed by atoms with Crippen LogP contribution in [0.15, 0.2) is 29.9 Å². The number of imidazole rings is 1. The molecule has 15 heavy (non-hydrogen) atoms. The number of hydrogen-bond donors (Lipinski definition) is 2. The zero-order valence-corrected chi connectivity index (χ0v) is 9.55. The highest BCUT2D eigenvalue weighted by Gasteiger charge is 2.04. The van der Waals surface area contributed by atoms with E-state index in [9.17, 15) is 0 Å². The highest BCUT2D eigenvalue weighted by Crippen LogP contribution is 2.17. The predicted octanol–water partition coefficient (Wildman–Crippen LogP) is 2.36. The third kappa shape index (κ3) is 2.91. The fraction of sp³-hybridized carbons (Fsp3) is 0.364. The molecule has 1 unspecified atom stereocenters. The van der Waals surface area contributed by atoms with Crippen molar-refractivity contribution >= 4 is 11.3 Å². The van der Waals surface area contributed by atoms with Crippen LogP contribution in [0.5, 0.6) is 0 Å². The van der Waals surface area contributed by atoms with Crippen molar-refractivity contribution in [1.29, 1.82) is 0 Å². The molecule has 0 amide bonds. The van der Waals surface area contributed by atoms with Gasteiger partial charge in [0.05, 0.1) is 0 Å². The van der Waals surface area contributed by atoms with Crippen molar-refractivity contribution in [1.82, 2.24) is 15.3 Å². The Balaban J connectivity index is 1.74. The zero-order chi connectivity index (χ0) is 10.5. The van der Waals surface area contributed by atoms with E-state index in [2.05, 4.69) is 39.7 Å². The molecule has 0 aromatic carbocycles. The monoisotopic (exact) mass is 221 g/mol. The van der Waals surface area contributed by atoms with Crippen LogP contribution in [0.2, 0.25) is 0 Å². The van der Waals surface area contributed by atoms with Gasteiger partial charge in [0.1, 0.15) is 5.82 Å². The second-order valence-corrected chi connectivity index (χ2v) is 4.46. The molecule has 4 heteroatoms. The smallest absolute Gasteiger partial charge is 0.107 e. The Kier molecular flexibility index (Phi) is 3.53. The summed E-state index contributed by atoms with van der Waals surface area (Å²) < 4.78 is 0. The van der Waals surface area contributed by atoms with Gasteiger partial charge in [-0.15, -0.1) is 11.3 Å². The maximum absolute atomic E-state index is 4.18. The second kappa shape index (κ2) is 5.09. The molecule has 3 nitrogen and oxygen atoms in total. The van der Waals surface area contributed by atoms with E-state index in [4.69, 9.17) is 0 Å². The van der Waals surface area contributed by atoms with Gasteiger partial charge in [-0.25, -0.2) is 4.98 Å².